The van der Waals surface area contributed by atoms with Crippen LogP contribution in [0.4, 0.5) is 5.69 Å². The van der Waals surface area contributed by atoms with Crippen LogP contribution >= 0.6 is 0 Å². The first-order valence-electron chi connectivity index (χ1n) is 10.6. The SMILES string of the molecule is COc1cccc(CS(=O)(=O)Nc2ccc(C)n(CC(=O)NCc3ccc(C(=N)N)cc3)c2=O)c1. The third-order valence-electron chi connectivity index (χ3n) is 5.21. The number of nitrogens with two attached hydrogens (primary N) is 1. The van der Waals surface area contributed by atoms with E-state index >= 15 is 0 Å². The largest absolute Gasteiger partial charge is 0.497 e. The Kier molecular flexibility index (Phi) is 7.92. The predicted molar refractivity (Wildman–Crippen MR) is 134 cm³/mol. The first-order chi connectivity index (χ1) is 16.6. The van der Waals surface area contributed by atoms with E-state index in [1.54, 1.807) is 61.5 Å². The van der Waals surface area contributed by atoms with Gasteiger partial charge in [0, 0.05) is 17.8 Å². The van der Waals surface area contributed by atoms with Crippen LogP contribution in [0.5, 0.6) is 5.75 Å². The van der Waals surface area contributed by atoms with Crippen molar-refractivity contribution in [2.75, 3.05) is 11.8 Å². The molecule has 35 heavy (non-hydrogen) atoms. The third kappa shape index (κ3) is 6.93. The van der Waals surface area contributed by atoms with Crippen molar-refractivity contribution < 1.29 is 17.9 Å². The highest BCUT2D eigenvalue weighted by Gasteiger charge is 2.17. The summed E-state index contributed by atoms with van der Waals surface area (Å²) in [5, 5.41) is 10.1. The van der Waals surface area contributed by atoms with Gasteiger partial charge in [0.25, 0.3) is 5.56 Å². The molecule has 0 aliphatic rings. The van der Waals surface area contributed by atoms with Gasteiger partial charge in [0.1, 0.15) is 23.8 Å². The molecule has 3 rings (SSSR count). The van der Waals surface area contributed by atoms with Gasteiger partial charge in [-0.2, -0.15) is 0 Å². The highest BCUT2D eigenvalue weighted by atomic mass is 32.2. The number of sulfonamides is 1. The maximum Gasteiger partial charge on any atom is 0.275 e. The molecule has 0 aliphatic heterocycles. The van der Waals surface area contributed by atoms with Crippen LogP contribution in [-0.2, 0) is 33.7 Å². The molecule has 0 aliphatic carbocycles. The van der Waals surface area contributed by atoms with Gasteiger partial charge in [0.2, 0.25) is 15.9 Å². The third-order valence-corrected chi connectivity index (χ3v) is 6.45. The Morgan fingerprint density at radius 2 is 1.80 bits per heavy atom. The molecular formula is C24H27N5O5S. The van der Waals surface area contributed by atoms with Crippen LogP contribution in [0.3, 0.4) is 0 Å². The van der Waals surface area contributed by atoms with E-state index in [9.17, 15) is 18.0 Å². The number of nitrogens with one attached hydrogen (secondary N) is 3. The molecule has 0 unspecified atom stereocenters. The molecule has 0 fully saturated rings. The molecule has 0 spiro atoms. The van der Waals surface area contributed by atoms with E-state index in [4.69, 9.17) is 15.9 Å². The van der Waals surface area contributed by atoms with Gasteiger partial charge in [-0.05, 0) is 42.3 Å². The number of ether oxygens (including phenoxy) is 1. The Hall–Kier alpha value is -4.12. The summed E-state index contributed by atoms with van der Waals surface area (Å²) in [4.78, 5) is 25.4. The van der Waals surface area contributed by atoms with Gasteiger partial charge in [-0.3, -0.25) is 19.7 Å². The Bertz CT molecular complexity index is 1400. The maximum absolute atomic E-state index is 12.9. The van der Waals surface area contributed by atoms with Crippen molar-refractivity contribution in [2.45, 2.75) is 25.8 Å². The summed E-state index contributed by atoms with van der Waals surface area (Å²) in [6.45, 7) is 1.60. The number of pyridine rings is 1. The van der Waals surface area contributed by atoms with E-state index in [-0.39, 0.29) is 30.4 Å². The van der Waals surface area contributed by atoms with Gasteiger partial charge in [0.15, 0.2) is 0 Å². The van der Waals surface area contributed by atoms with E-state index in [2.05, 4.69) is 10.0 Å². The van der Waals surface area contributed by atoms with Crippen LogP contribution in [0.1, 0.15) is 22.4 Å². The van der Waals surface area contributed by atoms with Gasteiger partial charge in [-0.25, -0.2) is 8.42 Å². The number of anilines is 1. The van der Waals surface area contributed by atoms with E-state index in [1.165, 1.54) is 17.7 Å². The van der Waals surface area contributed by atoms with Crippen molar-refractivity contribution >= 4 is 27.5 Å². The van der Waals surface area contributed by atoms with Crippen molar-refractivity contribution in [3.05, 3.63) is 93.4 Å². The first-order valence-corrected chi connectivity index (χ1v) is 12.3. The van der Waals surface area contributed by atoms with Crippen LogP contribution in [-0.4, -0.2) is 31.8 Å². The summed E-state index contributed by atoms with van der Waals surface area (Å²) >= 11 is 0. The van der Waals surface area contributed by atoms with Crippen molar-refractivity contribution in [2.24, 2.45) is 5.73 Å². The van der Waals surface area contributed by atoms with E-state index < -0.39 is 21.5 Å². The number of aryl methyl sites for hydroxylation is 1. The van der Waals surface area contributed by atoms with E-state index in [0.29, 0.717) is 22.6 Å². The lowest BCUT2D eigenvalue weighted by molar-refractivity contribution is -0.121. The average molecular weight is 498 g/mol. The number of rotatable bonds is 10. The Morgan fingerprint density at radius 1 is 1.09 bits per heavy atom. The van der Waals surface area contributed by atoms with Crippen molar-refractivity contribution in [3.63, 3.8) is 0 Å². The molecule has 1 amide bonds. The van der Waals surface area contributed by atoms with Gasteiger partial charge >= 0.3 is 0 Å². The van der Waals surface area contributed by atoms with Crippen LogP contribution < -0.4 is 26.1 Å². The van der Waals surface area contributed by atoms with Crippen LogP contribution in [0.15, 0.2) is 65.5 Å². The quantitative estimate of drug-likeness (QED) is 0.247. The van der Waals surface area contributed by atoms with Gasteiger partial charge in [0.05, 0.1) is 12.9 Å². The number of aromatic nitrogens is 1. The van der Waals surface area contributed by atoms with Crippen molar-refractivity contribution in [3.8, 4) is 5.75 Å². The Balaban J connectivity index is 1.69. The fraction of sp³-hybridized carbons (Fsp3) is 0.208. The molecule has 10 nitrogen and oxygen atoms in total. The first kappa shape index (κ1) is 25.5. The molecule has 0 saturated carbocycles. The van der Waals surface area contributed by atoms with Gasteiger partial charge < -0.3 is 20.4 Å². The minimum absolute atomic E-state index is 0.0468. The molecule has 2 aromatic carbocycles. The molecule has 0 atom stereocenters. The zero-order valence-corrected chi connectivity index (χ0v) is 20.2. The number of nitrogens with zero attached hydrogens (tertiary/aromatic N) is 1. The van der Waals surface area contributed by atoms with Gasteiger partial charge in [-0.15, -0.1) is 0 Å². The molecular weight excluding hydrogens is 470 g/mol. The number of amidine groups is 1. The summed E-state index contributed by atoms with van der Waals surface area (Å²) in [6, 6.07) is 16.4. The highest BCUT2D eigenvalue weighted by molar-refractivity contribution is 7.91. The predicted octanol–water partition coefficient (Wildman–Crippen LogP) is 1.71. The van der Waals surface area contributed by atoms with Crippen molar-refractivity contribution in [1.29, 1.82) is 5.41 Å². The number of hydrogen-bond donors (Lipinski definition) is 4. The second kappa shape index (κ2) is 10.9. The zero-order chi connectivity index (χ0) is 25.6. The molecule has 0 bridgehead atoms. The normalized spacial score (nSPS) is 11.0. The molecule has 5 N–H and O–H groups in total. The fourth-order valence-electron chi connectivity index (χ4n) is 3.33. The second-order valence-corrected chi connectivity index (χ2v) is 9.60. The molecule has 0 saturated heterocycles. The molecule has 184 valence electrons. The zero-order valence-electron chi connectivity index (χ0n) is 19.4. The minimum atomic E-state index is -3.89. The number of hydrogen-bond acceptors (Lipinski definition) is 6. The molecule has 1 aromatic heterocycles. The van der Waals surface area contributed by atoms with Crippen LogP contribution in [0, 0.1) is 12.3 Å². The smallest absolute Gasteiger partial charge is 0.275 e. The van der Waals surface area contributed by atoms with Crippen LogP contribution in [0.2, 0.25) is 0 Å². The average Bonchev–Trinajstić information content (AvgIpc) is 2.82. The minimum Gasteiger partial charge on any atom is -0.497 e. The Morgan fingerprint density at radius 3 is 2.46 bits per heavy atom. The topological polar surface area (TPSA) is 156 Å². The molecule has 3 aromatic rings. The fourth-order valence-corrected chi connectivity index (χ4v) is 4.51. The van der Waals surface area contributed by atoms with Crippen molar-refractivity contribution in [1.82, 2.24) is 9.88 Å². The number of carbonyl (C=O) groups excluding carboxylic acids is 1. The highest BCUT2D eigenvalue weighted by Crippen LogP contribution is 2.16. The van der Waals surface area contributed by atoms with Crippen LogP contribution in [0.25, 0.3) is 0 Å². The van der Waals surface area contributed by atoms with Gasteiger partial charge in [-0.1, -0.05) is 36.4 Å². The number of nitrogen functional groups attached to an aromatic ring is 1. The maximum atomic E-state index is 12.9. The molecule has 11 heteroatoms. The molecule has 1 heterocycles. The number of methoxy groups -OCH3 is 1. The molecule has 0 radical (unpaired) electrons. The monoisotopic (exact) mass is 497 g/mol. The summed E-state index contributed by atoms with van der Waals surface area (Å²) in [7, 11) is -2.41. The lowest BCUT2D eigenvalue weighted by Crippen LogP contribution is -2.34. The summed E-state index contributed by atoms with van der Waals surface area (Å²) < 4.78 is 34.0. The summed E-state index contributed by atoms with van der Waals surface area (Å²) in [5.41, 5.74) is 7.04. The number of carbonyl (C=O) groups is 1. The second-order valence-electron chi connectivity index (χ2n) is 7.88. The van der Waals surface area contributed by atoms with E-state index in [1.807, 2.05) is 0 Å². The number of amides is 1. The van der Waals surface area contributed by atoms with E-state index in [0.717, 1.165) is 5.56 Å². The summed E-state index contributed by atoms with van der Waals surface area (Å²) in [5.74, 6) is -0.284. The lowest BCUT2D eigenvalue weighted by atomic mass is 10.1. The number of benzene rings is 2. The lowest BCUT2D eigenvalue weighted by Gasteiger charge is -2.14. The standard InChI is InChI=1S/C24H27N5O5S/c1-16-6-11-21(28-35(32,33)15-18-4-3-5-20(12-18)34-2)24(31)29(16)14-22(30)27-13-17-7-9-19(10-8-17)23(25)26/h3-12,28H,13-15H2,1-2H3,(H3,25,26)(H,27,30). The summed E-state index contributed by atoms with van der Waals surface area (Å²) in [6.07, 6.45) is 0. The Labute approximate surface area is 203 Å².